The fourth-order valence-corrected chi connectivity index (χ4v) is 10.1. The quantitative estimate of drug-likeness (QED) is 0.0314. The zero-order valence-electron chi connectivity index (χ0n) is 47.6. The van der Waals surface area contributed by atoms with Gasteiger partial charge in [0.25, 0.3) is 5.91 Å². The number of nitrogens with zero attached hydrogens (tertiary/aromatic N) is 2. The van der Waals surface area contributed by atoms with Crippen molar-refractivity contribution in [2.75, 3.05) is 46.9 Å². The Labute approximate surface area is 464 Å². The molecule has 446 valence electrons. The van der Waals surface area contributed by atoms with E-state index >= 15 is 0 Å². The molecular formula is C52H85N7O18P2. The summed E-state index contributed by atoms with van der Waals surface area (Å²) in [7, 11) is -7.11. The van der Waals surface area contributed by atoms with Gasteiger partial charge >= 0.3 is 33.7 Å². The predicted octanol–water partition coefficient (Wildman–Crippen LogP) is 4.35. The molecule has 0 saturated heterocycles. The second kappa shape index (κ2) is 33.9. The van der Waals surface area contributed by atoms with Gasteiger partial charge in [-0.05, 0) is 83.3 Å². The second-order valence-electron chi connectivity index (χ2n) is 20.0. The van der Waals surface area contributed by atoms with Gasteiger partial charge in [-0.25, -0.2) is 23.5 Å². The number of hydrogen-bond acceptors (Lipinski definition) is 17. The van der Waals surface area contributed by atoms with Crippen molar-refractivity contribution in [3.63, 3.8) is 0 Å². The number of cyclic esters (lactones) is 2. The lowest BCUT2D eigenvalue weighted by atomic mass is 9.90. The Kier molecular flexibility index (Phi) is 29.9. The number of amides is 6. The van der Waals surface area contributed by atoms with Crippen molar-refractivity contribution >= 4 is 63.2 Å². The van der Waals surface area contributed by atoms with E-state index in [0.29, 0.717) is 30.4 Å². The van der Waals surface area contributed by atoms with Gasteiger partial charge in [0.15, 0.2) is 6.10 Å². The van der Waals surface area contributed by atoms with Crippen molar-refractivity contribution < 1.29 is 84.8 Å². The minimum Gasteiger partial charge on any atom is -0.456 e. The molecule has 0 bridgehead atoms. The van der Waals surface area contributed by atoms with Crippen LogP contribution in [0.3, 0.4) is 0 Å². The molecule has 0 radical (unpaired) electrons. The molecule has 0 aromatic heterocycles. The maximum Gasteiger partial charge on any atom is 0.481 e. The highest BCUT2D eigenvalue weighted by Crippen LogP contribution is 2.60. The molecular weight excluding hydrogens is 1070 g/mol. The van der Waals surface area contributed by atoms with Crippen LogP contribution < -0.4 is 27.0 Å². The Hall–Kier alpha value is -5.52. The van der Waals surface area contributed by atoms with Crippen molar-refractivity contribution in [2.24, 2.45) is 23.5 Å². The summed E-state index contributed by atoms with van der Waals surface area (Å²) in [6.45, 7) is 15.1. The van der Waals surface area contributed by atoms with Crippen molar-refractivity contribution in [3.05, 3.63) is 59.2 Å². The van der Waals surface area contributed by atoms with Crippen molar-refractivity contribution in [1.29, 1.82) is 0 Å². The average molecular weight is 1160 g/mol. The number of hydrogen-bond donors (Lipinski definition) is 7. The molecule has 1 heterocycles. The number of ether oxygens (including phenoxy) is 3. The van der Waals surface area contributed by atoms with Gasteiger partial charge in [0.05, 0.1) is 19.8 Å². The summed E-state index contributed by atoms with van der Waals surface area (Å²) in [5, 5.41) is 10.6. The maximum atomic E-state index is 14.3. The largest absolute Gasteiger partial charge is 0.481 e. The number of phosphoric ester groups is 2. The summed E-state index contributed by atoms with van der Waals surface area (Å²) in [5.74, 6) is -6.73. The molecule has 4 unspecified atom stereocenters. The fraction of sp³-hybridized carbons (Fsp3) is 0.654. The van der Waals surface area contributed by atoms with Gasteiger partial charge in [0.2, 0.25) is 23.6 Å². The summed E-state index contributed by atoms with van der Waals surface area (Å²) in [6, 6.07) is 4.02. The molecule has 8 N–H and O–H groups in total. The first-order valence-corrected chi connectivity index (χ1v) is 29.4. The molecule has 2 rings (SSSR count). The molecule has 1 aliphatic heterocycles. The van der Waals surface area contributed by atoms with Crippen LogP contribution in [-0.2, 0) is 76.7 Å². The van der Waals surface area contributed by atoms with Gasteiger partial charge in [-0.15, -0.1) is 0 Å². The number of carbonyl (C=O) groups excluding carboxylic acids is 8. The van der Waals surface area contributed by atoms with Gasteiger partial charge in [0.1, 0.15) is 36.4 Å². The van der Waals surface area contributed by atoms with Crippen molar-refractivity contribution in [2.45, 2.75) is 157 Å². The van der Waals surface area contributed by atoms with Crippen LogP contribution in [0.25, 0.3) is 0 Å². The SMILES string of the molecule is C/C=C(\C)C1OC(=O)[C@@H](C)NC(=O)[C@H](C(C)CC)NC(=O)CN(C)C(=O)[C@@H](Cc2ccccc2)N(C)C(=O)[C@H](C)NC(=O)[C@@H](CC(C)C)OC(=O)/C(C)=C/C[C@H](OC(=O)NCCCCCOP(=O)(O)OP(=O)(O)OCCN)[C@@H]1C. The van der Waals surface area contributed by atoms with E-state index in [-0.39, 0.29) is 56.9 Å². The number of phosphoric acid groups is 2. The summed E-state index contributed by atoms with van der Waals surface area (Å²) >= 11 is 0. The van der Waals surface area contributed by atoms with Gasteiger partial charge < -0.3 is 60.8 Å². The highest BCUT2D eigenvalue weighted by molar-refractivity contribution is 7.61. The third-order valence-electron chi connectivity index (χ3n) is 13.0. The van der Waals surface area contributed by atoms with E-state index < -0.39 is 131 Å². The molecule has 1 aliphatic rings. The van der Waals surface area contributed by atoms with Crippen LogP contribution in [0, 0.1) is 17.8 Å². The van der Waals surface area contributed by atoms with Crippen molar-refractivity contribution in [3.8, 4) is 0 Å². The lowest BCUT2D eigenvalue weighted by Crippen LogP contribution is -2.57. The molecule has 0 spiro atoms. The van der Waals surface area contributed by atoms with E-state index in [0.717, 1.165) is 4.90 Å². The van der Waals surface area contributed by atoms with E-state index in [2.05, 4.69) is 30.1 Å². The average Bonchev–Trinajstić information content (AvgIpc) is 3.38. The smallest absolute Gasteiger partial charge is 0.456 e. The van der Waals surface area contributed by atoms with Crippen LogP contribution in [0.1, 0.15) is 113 Å². The number of nitrogens with one attached hydrogen (secondary N) is 4. The Morgan fingerprint density at radius 3 is 2.10 bits per heavy atom. The molecule has 25 nitrogen and oxygen atoms in total. The molecule has 1 aromatic rings. The summed E-state index contributed by atoms with van der Waals surface area (Å²) in [4.78, 5) is 133. The standard InChI is InChI=1S/C52H85N7O18P2/c1-13-33(5)44-47(62)56-38(10)51(66)76-45(34(6)14-2)36(8)41(75-52(67)54-26-19-16-20-27-72-78(68,69)77-79(70,71)73-28-25-53)24-23-35(7)50(65)74-42(29-32(3)4)46(61)55-37(9)48(63)59(12)40(30-39-21-17-15-18-22-39)49(64)58(11)31-43(60)57-44/h14-15,17-18,21-23,32-33,36-38,40-42,44-45H,13,16,19-20,24-31,53H2,1-12H3,(H,54,67)(H,55,61)(H,56,62)(H,57,60)(H,68,69)(H,70,71)/b34-14+,35-23+/t33?,36-,37-,38+,40+,41-,42+,44-,45?/m0/s1. The Balaban J connectivity index is 2.56. The number of unbranched alkanes of at least 4 members (excludes halogenated alkanes) is 2. The van der Waals surface area contributed by atoms with Gasteiger partial charge in [0, 0.05) is 51.5 Å². The highest BCUT2D eigenvalue weighted by atomic mass is 31.3. The molecule has 6 amide bonds. The van der Waals surface area contributed by atoms with Gasteiger partial charge in [-0.1, -0.05) is 83.5 Å². The lowest BCUT2D eigenvalue weighted by molar-refractivity contribution is -0.155. The third kappa shape index (κ3) is 24.4. The zero-order chi connectivity index (χ0) is 59.8. The molecule has 0 aliphatic carbocycles. The summed E-state index contributed by atoms with van der Waals surface area (Å²) < 4.78 is 55.2. The van der Waals surface area contributed by atoms with E-state index in [1.165, 1.54) is 45.8 Å². The van der Waals surface area contributed by atoms with Crippen molar-refractivity contribution in [1.82, 2.24) is 31.1 Å². The molecule has 27 heteroatoms. The minimum atomic E-state index is -4.98. The number of rotatable bonds is 20. The predicted molar refractivity (Wildman–Crippen MR) is 291 cm³/mol. The molecule has 11 atom stereocenters. The second-order valence-corrected chi connectivity index (χ2v) is 23.1. The topological polar surface area (TPSA) is 347 Å². The fourth-order valence-electron chi connectivity index (χ4n) is 7.99. The Morgan fingerprint density at radius 1 is 0.886 bits per heavy atom. The summed E-state index contributed by atoms with van der Waals surface area (Å²) in [5.41, 5.74) is 6.45. The highest BCUT2D eigenvalue weighted by Gasteiger charge is 2.39. The van der Waals surface area contributed by atoms with E-state index in [1.54, 1.807) is 64.1 Å². The molecule has 0 fully saturated rings. The first-order valence-electron chi connectivity index (χ1n) is 26.4. The number of alkyl carbamates (subject to hydrolysis) is 1. The van der Waals surface area contributed by atoms with Gasteiger partial charge in [-0.2, -0.15) is 4.31 Å². The molecule has 0 saturated carbocycles. The monoisotopic (exact) mass is 1160 g/mol. The van der Waals surface area contributed by atoms with Crippen LogP contribution in [0.15, 0.2) is 53.6 Å². The molecule has 79 heavy (non-hydrogen) atoms. The number of nitrogens with two attached hydrogens (primary N) is 1. The van der Waals surface area contributed by atoms with Crippen LogP contribution in [0.2, 0.25) is 0 Å². The first kappa shape index (κ1) is 69.6. The number of allylic oxidation sites excluding steroid dienone is 1. The maximum absolute atomic E-state index is 14.3. The van der Waals surface area contributed by atoms with Crippen LogP contribution in [0.4, 0.5) is 4.79 Å². The summed E-state index contributed by atoms with van der Waals surface area (Å²) in [6.07, 6.45) is -0.211. The Bertz CT molecular complexity index is 2370. The minimum absolute atomic E-state index is 0.0139. The molecule has 1 aromatic carbocycles. The number of benzene rings is 1. The normalized spacial score (nSPS) is 26.1. The Morgan fingerprint density at radius 2 is 1.51 bits per heavy atom. The number of carbonyl (C=O) groups is 8. The lowest BCUT2D eigenvalue weighted by Gasteiger charge is -2.33. The van der Waals surface area contributed by atoms with Crippen LogP contribution in [0.5, 0.6) is 0 Å². The van der Waals surface area contributed by atoms with Crippen LogP contribution in [-0.4, -0.2) is 157 Å². The third-order valence-corrected chi connectivity index (χ3v) is 15.6. The first-order chi connectivity index (χ1) is 37.0. The van der Waals surface area contributed by atoms with E-state index in [4.69, 9.17) is 24.5 Å². The van der Waals surface area contributed by atoms with E-state index in [1.807, 2.05) is 20.8 Å². The number of esters is 2. The van der Waals surface area contributed by atoms with Gasteiger partial charge in [-0.3, -0.25) is 33.0 Å². The van der Waals surface area contributed by atoms with Crippen LogP contribution >= 0.6 is 15.6 Å². The number of likely N-dealkylation sites (N-methyl/N-ethyl adjacent to an activating group) is 2. The van der Waals surface area contributed by atoms with E-state index in [9.17, 15) is 57.3 Å². The zero-order valence-corrected chi connectivity index (χ0v) is 49.4.